The molecule has 0 radical (unpaired) electrons. The number of halogens is 2. The average Bonchev–Trinajstić information content (AvgIpc) is 2.70. The predicted molar refractivity (Wildman–Crippen MR) is 50.7 cm³/mol. The van der Waals surface area contributed by atoms with Gasteiger partial charge in [-0.25, -0.2) is 13.9 Å². The first-order valence-electron chi connectivity index (χ1n) is 4.28. The van der Waals surface area contributed by atoms with E-state index in [1.165, 1.54) is 6.33 Å². The molecule has 0 bridgehead atoms. The van der Waals surface area contributed by atoms with Gasteiger partial charge < -0.3 is 0 Å². The molecule has 16 heavy (non-hydrogen) atoms. The maximum atomic E-state index is 13.2. The number of H-pyrrole nitrogens is 1. The highest BCUT2D eigenvalue weighted by Crippen LogP contribution is 2.10. The normalized spacial score (nSPS) is 10.1. The lowest BCUT2D eigenvalue weighted by Crippen LogP contribution is -2.14. The summed E-state index contributed by atoms with van der Waals surface area (Å²) in [7, 11) is 0. The van der Waals surface area contributed by atoms with Gasteiger partial charge in [0.2, 0.25) is 5.95 Å². The second kappa shape index (κ2) is 4.05. The zero-order chi connectivity index (χ0) is 11.5. The first-order valence-corrected chi connectivity index (χ1v) is 4.28. The lowest BCUT2D eigenvalue weighted by Gasteiger charge is -2.02. The van der Waals surface area contributed by atoms with Crippen LogP contribution in [0.15, 0.2) is 24.5 Å². The standard InChI is InChI=1S/C9H6F2N4O/c10-5-1-2-6(7(11)3-5)8(16)14-9-12-4-13-15-9/h1-4H,(H2,12,13,14,15,16). The van der Waals surface area contributed by atoms with E-state index >= 15 is 0 Å². The molecule has 82 valence electrons. The van der Waals surface area contributed by atoms with Crippen molar-refractivity contribution in [2.45, 2.75) is 0 Å². The third kappa shape index (κ3) is 2.02. The van der Waals surface area contributed by atoms with Crippen molar-refractivity contribution in [2.75, 3.05) is 5.32 Å². The second-order valence-electron chi connectivity index (χ2n) is 2.91. The molecule has 1 aromatic heterocycles. The molecule has 5 nitrogen and oxygen atoms in total. The van der Waals surface area contributed by atoms with Gasteiger partial charge in [0.25, 0.3) is 5.91 Å². The summed E-state index contributed by atoms with van der Waals surface area (Å²) in [6, 6.07) is 2.68. The zero-order valence-electron chi connectivity index (χ0n) is 7.87. The first-order chi connectivity index (χ1) is 7.66. The summed E-state index contributed by atoms with van der Waals surface area (Å²) in [6.07, 6.45) is 1.19. The predicted octanol–water partition coefficient (Wildman–Crippen LogP) is 1.34. The number of carbonyl (C=O) groups excluding carboxylic acids is 1. The number of anilines is 1. The fourth-order valence-electron chi connectivity index (χ4n) is 1.11. The topological polar surface area (TPSA) is 70.7 Å². The van der Waals surface area contributed by atoms with Gasteiger partial charge in [0.1, 0.15) is 18.0 Å². The van der Waals surface area contributed by atoms with E-state index < -0.39 is 17.5 Å². The van der Waals surface area contributed by atoms with Crippen molar-refractivity contribution in [3.05, 3.63) is 41.7 Å². The Bertz CT molecular complexity index is 512. The Morgan fingerprint density at radius 1 is 1.38 bits per heavy atom. The van der Waals surface area contributed by atoms with Crippen LogP contribution in [0.4, 0.5) is 14.7 Å². The summed E-state index contributed by atoms with van der Waals surface area (Å²) in [5.74, 6) is -2.31. The van der Waals surface area contributed by atoms with Crippen LogP contribution in [0, 0.1) is 11.6 Å². The molecule has 2 rings (SSSR count). The average molecular weight is 224 g/mol. The monoisotopic (exact) mass is 224 g/mol. The van der Waals surface area contributed by atoms with E-state index in [-0.39, 0.29) is 11.5 Å². The van der Waals surface area contributed by atoms with Gasteiger partial charge in [-0.3, -0.25) is 10.1 Å². The summed E-state index contributed by atoms with van der Waals surface area (Å²) in [6.45, 7) is 0. The number of hydrogen-bond donors (Lipinski definition) is 2. The molecule has 0 saturated heterocycles. The summed E-state index contributed by atoms with van der Waals surface area (Å²) in [5.41, 5.74) is -0.266. The molecule has 1 aromatic carbocycles. The molecule has 1 heterocycles. The third-order valence-corrected chi connectivity index (χ3v) is 1.82. The maximum Gasteiger partial charge on any atom is 0.260 e. The molecule has 0 spiro atoms. The van der Waals surface area contributed by atoms with E-state index in [9.17, 15) is 13.6 Å². The Morgan fingerprint density at radius 2 is 2.19 bits per heavy atom. The van der Waals surface area contributed by atoms with E-state index in [0.717, 1.165) is 12.1 Å². The number of aromatic nitrogens is 3. The highest BCUT2D eigenvalue weighted by molar-refractivity contribution is 6.03. The smallest absolute Gasteiger partial charge is 0.260 e. The molecule has 7 heteroatoms. The molecule has 0 saturated carbocycles. The number of nitrogens with one attached hydrogen (secondary N) is 2. The minimum Gasteiger partial charge on any atom is -0.291 e. The number of nitrogens with zero attached hydrogens (tertiary/aromatic N) is 2. The fourth-order valence-corrected chi connectivity index (χ4v) is 1.11. The van der Waals surface area contributed by atoms with Gasteiger partial charge >= 0.3 is 0 Å². The van der Waals surface area contributed by atoms with Gasteiger partial charge in [-0.05, 0) is 12.1 Å². The van der Waals surface area contributed by atoms with Crippen molar-refractivity contribution in [3.8, 4) is 0 Å². The van der Waals surface area contributed by atoms with Gasteiger partial charge in [0.05, 0.1) is 5.56 Å². The van der Waals surface area contributed by atoms with E-state index in [2.05, 4.69) is 20.5 Å². The van der Waals surface area contributed by atoms with Crippen molar-refractivity contribution < 1.29 is 13.6 Å². The van der Waals surface area contributed by atoms with Gasteiger partial charge in [-0.1, -0.05) is 0 Å². The van der Waals surface area contributed by atoms with E-state index in [4.69, 9.17) is 0 Å². The van der Waals surface area contributed by atoms with Crippen LogP contribution in [-0.4, -0.2) is 21.1 Å². The van der Waals surface area contributed by atoms with Crippen LogP contribution in [0.25, 0.3) is 0 Å². The van der Waals surface area contributed by atoms with E-state index in [1.54, 1.807) is 0 Å². The summed E-state index contributed by atoms with van der Waals surface area (Å²) in [5, 5.41) is 8.15. The number of aromatic amines is 1. The molecule has 0 aliphatic carbocycles. The molecular weight excluding hydrogens is 218 g/mol. The van der Waals surface area contributed by atoms with Crippen LogP contribution in [0.1, 0.15) is 10.4 Å². The molecule has 0 fully saturated rings. The zero-order valence-corrected chi connectivity index (χ0v) is 7.87. The number of rotatable bonds is 2. The summed E-state index contributed by atoms with van der Waals surface area (Å²) in [4.78, 5) is 15.1. The maximum absolute atomic E-state index is 13.2. The minimum absolute atomic E-state index is 0.0914. The van der Waals surface area contributed by atoms with Crippen LogP contribution < -0.4 is 5.32 Å². The van der Waals surface area contributed by atoms with Gasteiger partial charge in [-0.2, -0.15) is 10.1 Å². The van der Waals surface area contributed by atoms with Crippen molar-refractivity contribution in [2.24, 2.45) is 0 Å². The molecule has 2 aromatic rings. The van der Waals surface area contributed by atoms with E-state index in [1.807, 2.05) is 0 Å². The van der Waals surface area contributed by atoms with Crippen LogP contribution in [-0.2, 0) is 0 Å². The Balaban J connectivity index is 2.21. The fraction of sp³-hybridized carbons (Fsp3) is 0. The van der Waals surface area contributed by atoms with Crippen molar-refractivity contribution >= 4 is 11.9 Å². The highest BCUT2D eigenvalue weighted by atomic mass is 19.1. The summed E-state index contributed by atoms with van der Waals surface area (Å²) < 4.78 is 25.8. The Hall–Kier alpha value is -2.31. The molecular formula is C9H6F2N4O. The van der Waals surface area contributed by atoms with Gasteiger partial charge in [0.15, 0.2) is 0 Å². The molecule has 0 aliphatic heterocycles. The first kappa shape index (κ1) is 10.2. The lowest BCUT2D eigenvalue weighted by atomic mass is 10.2. The quantitative estimate of drug-likeness (QED) is 0.808. The third-order valence-electron chi connectivity index (χ3n) is 1.82. The minimum atomic E-state index is -0.933. The van der Waals surface area contributed by atoms with Crippen molar-refractivity contribution in [1.82, 2.24) is 15.2 Å². The summed E-state index contributed by atoms with van der Waals surface area (Å²) >= 11 is 0. The second-order valence-corrected chi connectivity index (χ2v) is 2.91. The number of amides is 1. The largest absolute Gasteiger partial charge is 0.291 e. The Morgan fingerprint density at radius 3 is 2.81 bits per heavy atom. The molecule has 0 atom stereocenters. The van der Waals surface area contributed by atoms with Crippen LogP contribution >= 0.6 is 0 Å². The number of benzene rings is 1. The molecule has 2 N–H and O–H groups in total. The highest BCUT2D eigenvalue weighted by Gasteiger charge is 2.13. The molecule has 0 unspecified atom stereocenters. The van der Waals surface area contributed by atoms with Crippen molar-refractivity contribution in [1.29, 1.82) is 0 Å². The molecule has 0 aliphatic rings. The molecule has 1 amide bonds. The Kier molecular flexibility index (Phi) is 2.59. The lowest BCUT2D eigenvalue weighted by molar-refractivity contribution is 0.102. The van der Waals surface area contributed by atoms with Gasteiger partial charge in [0, 0.05) is 6.07 Å². The van der Waals surface area contributed by atoms with Crippen molar-refractivity contribution in [3.63, 3.8) is 0 Å². The number of carbonyl (C=O) groups is 1. The van der Waals surface area contributed by atoms with Gasteiger partial charge in [-0.15, -0.1) is 0 Å². The SMILES string of the molecule is O=C(Nc1ncn[nH]1)c1ccc(F)cc1F. The van der Waals surface area contributed by atoms with E-state index in [0.29, 0.717) is 6.07 Å². The van der Waals surface area contributed by atoms with Crippen LogP contribution in [0.2, 0.25) is 0 Å². The number of hydrogen-bond acceptors (Lipinski definition) is 3. The van der Waals surface area contributed by atoms with Crippen LogP contribution in [0.3, 0.4) is 0 Å². The van der Waals surface area contributed by atoms with Crippen LogP contribution in [0.5, 0.6) is 0 Å². The Labute approximate surface area is 88.5 Å².